The lowest BCUT2D eigenvalue weighted by Crippen LogP contribution is -2.60. The van der Waals surface area contributed by atoms with E-state index in [0.29, 0.717) is 12.8 Å². The van der Waals surface area contributed by atoms with Gasteiger partial charge in [0, 0.05) is 0 Å². The molecule has 0 saturated carbocycles. The molecular weight excluding hydrogens is 296 g/mol. The number of carboxylic acid groups (broad SMARTS) is 1. The average Bonchev–Trinajstić information content (AvgIpc) is 2.48. The van der Waals surface area contributed by atoms with Crippen molar-refractivity contribution in [1.29, 1.82) is 0 Å². The zero-order valence-electron chi connectivity index (χ0n) is 12.7. The van der Waals surface area contributed by atoms with E-state index in [4.69, 9.17) is 14.6 Å². The van der Waals surface area contributed by atoms with Crippen molar-refractivity contribution in [3.8, 4) is 0 Å². The minimum absolute atomic E-state index is 0.386. The van der Waals surface area contributed by atoms with E-state index in [9.17, 15) is 24.9 Å². The van der Waals surface area contributed by atoms with Gasteiger partial charge in [0.15, 0.2) is 6.10 Å². The quantitative estimate of drug-likeness (QED) is 0.467. The molecule has 0 radical (unpaired) electrons. The lowest BCUT2D eigenvalue weighted by atomic mass is 9.98. The van der Waals surface area contributed by atoms with E-state index in [-0.39, 0.29) is 5.92 Å². The van der Waals surface area contributed by atoms with E-state index < -0.39 is 42.6 Å². The fourth-order valence-electron chi connectivity index (χ4n) is 2.30. The van der Waals surface area contributed by atoms with Crippen molar-refractivity contribution in [2.75, 3.05) is 0 Å². The highest BCUT2D eigenvalue weighted by Crippen LogP contribution is 2.24. The molecule has 4 N–H and O–H groups in total. The van der Waals surface area contributed by atoms with Crippen LogP contribution in [0, 0.1) is 5.92 Å². The molecule has 1 rings (SSSR count). The lowest BCUT2D eigenvalue weighted by molar-refractivity contribution is -0.287. The molecule has 0 aromatic rings. The molecule has 128 valence electrons. The Kier molecular flexibility index (Phi) is 7.21. The van der Waals surface area contributed by atoms with Gasteiger partial charge in [0.25, 0.3) is 0 Å². The van der Waals surface area contributed by atoms with Crippen molar-refractivity contribution >= 4 is 11.9 Å². The molecule has 0 spiro atoms. The first-order valence-electron chi connectivity index (χ1n) is 7.46. The summed E-state index contributed by atoms with van der Waals surface area (Å²) in [5, 5.41) is 37.9. The van der Waals surface area contributed by atoms with Crippen molar-refractivity contribution in [3.63, 3.8) is 0 Å². The van der Waals surface area contributed by atoms with Crippen LogP contribution in [-0.4, -0.2) is 63.1 Å². The van der Waals surface area contributed by atoms with Crippen LogP contribution in [0.3, 0.4) is 0 Å². The van der Waals surface area contributed by atoms with Crippen LogP contribution in [0.2, 0.25) is 0 Å². The number of esters is 1. The average molecular weight is 320 g/mol. The lowest BCUT2D eigenvalue weighted by Gasteiger charge is -2.38. The molecule has 0 bridgehead atoms. The molecule has 0 amide bonds. The third kappa shape index (κ3) is 4.39. The van der Waals surface area contributed by atoms with Crippen molar-refractivity contribution in [3.05, 3.63) is 0 Å². The maximum absolute atomic E-state index is 12.1. The summed E-state index contributed by atoms with van der Waals surface area (Å²) in [6, 6.07) is 0. The molecule has 6 atom stereocenters. The fourth-order valence-corrected chi connectivity index (χ4v) is 2.30. The minimum Gasteiger partial charge on any atom is -0.479 e. The molecule has 1 heterocycles. The molecule has 0 aromatic carbocycles. The number of aliphatic carboxylic acids is 1. The van der Waals surface area contributed by atoms with E-state index >= 15 is 0 Å². The fraction of sp³-hybridized carbons (Fsp3) is 0.857. The predicted molar refractivity (Wildman–Crippen MR) is 73.7 cm³/mol. The van der Waals surface area contributed by atoms with E-state index in [1.54, 1.807) is 0 Å². The number of carbonyl (C=O) groups excluding carboxylic acids is 1. The van der Waals surface area contributed by atoms with Crippen molar-refractivity contribution in [2.24, 2.45) is 5.92 Å². The molecule has 8 nitrogen and oxygen atoms in total. The first-order chi connectivity index (χ1) is 10.3. The second kappa shape index (κ2) is 8.42. The van der Waals surface area contributed by atoms with Gasteiger partial charge in [-0.3, -0.25) is 4.79 Å². The highest BCUT2D eigenvalue weighted by molar-refractivity contribution is 5.74. The standard InChI is InChI=1S/C14H24O8/c1-3-5-6-7(4-2)13(20)22-14-10(17)8(15)9(16)11(21-14)12(18)19/h7-11,14-17H,3-6H2,1-2H3,(H,18,19)/t7?,8-,9-,10+,11-,14?/m0/s1. The van der Waals surface area contributed by atoms with Crippen LogP contribution in [0.4, 0.5) is 0 Å². The molecule has 1 fully saturated rings. The Bertz CT molecular complexity index is 385. The van der Waals surface area contributed by atoms with E-state index in [2.05, 4.69) is 0 Å². The molecule has 0 aliphatic carbocycles. The van der Waals surface area contributed by atoms with Crippen LogP contribution >= 0.6 is 0 Å². The number of carboxylic acids is 1. The van der Waals surface area contributed by atoms with Crippen LogP contribution in [0.15, 0.2) is 0 Å². The number of unbranched alkanes of at least 4 members (excludes halogenated alkanes) is 1. The normalized spacial score (nSPS) is 33.2. The van der Waals surface area contributed by atoms with Gasteiger partial charge < -0.3 is 29.9 Å². The summed E-state index contributed by atoms with van der Waals surface area (Å²) in [5.74, 6) is -2.52. The first-order valence-corrected chi connectivity index (χ1v) is 7.46. The molecule has 1 aliphatic heterocycles. The second-order valence-corrected chi connectivity index (χ2v) is 5.42. The Hall–Kier alpha value is -1.22. The van der Waals surface area contributed by atoms with E-state index in [1.165, 1.54) is 0 Å². The molecule has 8 heteroatoms. The van der Waals surface area contributed by atoms with E-state index in [1.807, 2.05) is 13.8 Å². The monoisotopic (exact) mass is 320 g/mol. The zero-order chi connectivity index (χ0) is 16.9. The molecule has 1 aliphatic rings. The summed E-state index contributed by atoms with van der Waals surface area (Å²) < 4.78 is 9.92. The topological polar surface area (TPSA) is 134 Å². The van der Waals surface area contributed by atoms with Gasteiger partial charge in [-0.15, -0.1) is 0 Å². The number of aliphatic hydroxyl groups is 3. The summed E-state index contributed by atoms with van der Waals surface area (Å²) in [7, 11) is 0. The zero-order valence-corrected chi connectivity index (χ0v) is 12.7. The largest absolute Gasteiger partial charge is 0.479 e. The number of ether oxygens (including phenoxy) is 2. The number of rotatable bonds is 7. The summed E-state index contributed by atoms with van der Waals surface area (Å²) in [5.41, 5.74) is 0. The van der Waals surface area contributed by atoms with Gasteiger partial charge in [-0.25, -0.2) is 4.79 Å². The van der Waals surface area contributed by atoms with Gasteiger partial charge >= 0.3 is 11.9 Å². The van der Waals surface area contributed by atoms with Gasteiger partial charge in [0.05, 0.1) is 5.92 Å². The molecule has 1 saturated heterocycles. The predicted octanol–water partition coefficient (Wildman–Crippen LogP) is -0.362. The Morgan fingerprint density at radius 1 is 1.14 bits per heavy atom. The second-order valence-electron chi connectivity index (χ2n) is 5.42. The highest BCUT2D eigenvalue weighted by Gasteiger charge is 2.48. The summed E-state index contributed by atoms with van der Waals surface area (Å²) >= 11 is 0. The van der Waals surface area contributed by atoms with Crippen LogP contribution in [0.25, 0.3) is 0 Å². The van der Waals surface area contributed by atoms with Crippen molar-refractivity contribution < 1.29 is 39.5 Å². The van der Waals surface area contributed by atoms with Gasteiger partial charge in [-0.05, 0) is 12.8 Å². The summed E-state index contributed by atoms with van der Waals surface area (Å²) in [6.07, 6.45) is -5.78. The summed E-state index contributed by atoms with van der Waals surface area (Å²) in [4.78, 5) is 23.0. The number of aliphatic hydroxyl groups excluding tert-OH is 3. The van der Waals surface area contributed by atoms with Crippen LogP contribution < -0.4 is 0 Å². The van der Waals surface area contributed by atoms with Crippen LogP contribution in [-0.2, 0) is 19.1 Å². The summed E-state index contributed by atoms with van der Waals surface area (Å²) in [6.45, 7) is 3.81. The number of hydrogen-bond acceptors (Lipinski definition) is 7. The van der Waals surface area contributed by atoms with Gasteiger partial charge in [-0.2, -0.15) is 0 Å². The number of hydrogen-bond donors (Lipinski definition) is 4. The Balaban J connectivity index is 2.73. The molecule has 2 unspecified atom stereocenters. The maximum Gasteiger partial charge on any atom is 0.335 e. The van der Waals surface area contributed by atoms with Gasteiger partial charge in [0.2, 0.25) is 6.29 Å². The SMILES string of the molecule is CCCCC(CC)C(=O)OC1O[C@H](C(=O)O)[C@@H](O)[C@H](O)[C@H]1O. The third-order valence-corrected chi connectivity index (χ3v) is 3.78. The van der Waals surface area contributed by atoms with Crippen LogP contribution in [0.5, 0.6) is 0 Å². The first kappa shape index (κ1) is 18.8. The Morgan fingerprint density at radius 2 is 1.77 bits per heavy atom. The molecular formula is C14H24O8. The maximum atomic E-state index is 12.1. The van der Waals surface area contributed by atoms with Gasteiger partial charge in [0.1, 0.15) is 18.3 Å². The Morgan fingerprint density at radius 3 is 2.27 bits per heavy atom. The van der Waals surface area contributed by atoms with Gasteiger partial charge in [-0.1, -0.05) is 26.7 Å². The number of carbonyl (C=O) groups is 2. The molecule has 22 heavy (non-hydrogen) atoms. The third-order valence-electron chi connectivity index (χ3n) is 3.78. The van der Waals surface area contributed by atoms with E-state index in [0.717, 1.165) is 12.8 Å². The Labute approximate surface area is 128 Å². The van der Waals surface area contributed by atoms with Crippen LogP contribution in [0.1, 0.15) is 39.5 Å². The smallest absolute Gasteiger partial charge is 0.335 e. The highest BCUT2D eigenvalue weighted by atomic mass is 16.7. The van der Waals surface area contributed by atoms with Crippen molar-refractivity contribution in [1.82, 2.24) is 0 Å². The van der Waals surface area contributed by atoms with Crippen molar-refractivity contribution in [2.45, 2.75) is 70.2 Å². The minimum atomic E-state index is -1.80. The molecule has 0 aromatic heterocycles.